The molecule has 1 aliphatic heterocycles. The van der Waals surface area contributed by atoms with Crippen LogP contribution in [0.15, 0.2) is 24.3 Å². The van der Waals surface area contributed by atoms with Crippen LogP contribution in [0.25, 0.3) is 0 Å². The molecular weight excluding hydrogens is 258 g/mol. The first-order chi connectivity index (χ1) is 10.00. The van der Waals surface area contributed by atoms with Gasteiger partial charge in [-0.1, -0.05) is 12.1 Å². The quantitative estimate of drug-likeness (QED) is 0.830. The fraction of sp³-hybridized carbons (Fsp3) is 0.611. The zero-order valence-corrected chi connectivity index (χ0v) is 13.6. The summed E-state index contributed by atoms with van der Waals surface area (Å²) in [6.07, 6.45) is 2.10. The zero-order chi connectivity index (χ0) is 15.3. The molecule has 0 spiro atoms. The van der Waals surface area contributed by atoms with Crippen LogP contribution in [0.3, 0.4) is 0 Å². The highest BCUT2D eigenvalue weighted by atomic mass is 15.3. The van der Waals surface area contributed by atoms with E-state index in [1.54, 1.807) is 0 Å². The van der Waals surface area contributed by atoms with E-state index in [2.05, 4.69) is 47.1 Å². The number of nitriles is 1. The average Bonchev–Trinajstić information content (AvgIpc) is 2.48. The molecule has 1 fully saturated rings. The van der Waals surface area contributed by atoms with Crippen molar-refractivity contribution in [3.05, 3.63) is 29.8 Å². The highest BCUT2D eigenvalue weighted by molar-refractivity contribution is 5.48. The molecule has 1 saturated heterocycles. The summed E-state index contributed by atoms with van der Waals surface area (Å²) in [6.45, 7) is 11.8. The van der Waals surface area contributed by atoms with Gasteiger partial charge in [-0.25, -0.2) is 0 Å². The largest absolute Gasteiger partial charge is 0.369 e. The Morgan fingerprint density at radius 3 is 2.52 bits per heavy atom. The zero-order valence-electron chi connectivity index (χ0n) is 13.6. The lowest BCUT2D eigenvalue weighted by molar-refractivity contribution is 0.242. The number of rotatable bonds is 5. The van der Waals surface area contributed by atoms with Crippen molar-refractivity contribution in [3.8, 4) is 6.07 Å². The van der Waals surface area contributed by atoms with Gasteiger partial charge in [0, 0.05) is 31.9 Å². The lowest BCUT2D eigenvalue weighted by Crippen LogP contribution is -2.46. The van der Waals surface area contributed by atoms with E-state index < -0.39 is 0 Å². The van der Waals surface area contributed by atoms with Gasteiger partial charge in [-0.15, -0.1) is 0 Å². The first kappa shape index (κ1) is 15.9. The summed E-state index contributed by atoms with van der Waals surface area (Å²) < 4.78 is 0. The Balaban J connectivity index is 1.75. The standard InChI is InChI=1S/C18H27N3/c1-16-6-4-7-17(14-16)21-12-10-20(11-13-21)9-5-8-18(2,3)15-19/h4,6-7,14H,5,8-13H2,1-3H3. The molecule has 21 heavy (non-hydrogen) atoms. The van der Waals surface area contributed by atoms with E-state index >= 15 is 0 Å². The van der Waals surface area contributed by atoms with Gasteiger partial charge in [0.2, 0.25) is 0 Å². The van der Waals surface area contributed by atoms with Gasteiger partial charge in [-0.2, -0.15) is 5.26 Å². The Morgan fingerprint density at radius 2 is 1.90 bits per heavy atom. The fourth-order valence-electron chi connectivity index (χ4n) is 2.85. The van der Waals surface area contributed by atoms with E-state index in [1.165, 1.54) is 11.3 Å². The minimum absolute atomic E-state index is 0.177. The predicted molar refractivity (Wildman–Crippen MR) is 88.5 cm³/mol. The maximum Gasteiger partial charge on any atom is 0.0683 e. The van der Waals surface area contributed by atoms with Crippen LogP contribution in [0.2, 0.25) is 0 Å². The molecule has 0 radical (unpaired) electrons. The Bertz CT molecular complexity index is 493. The van der Waals surface area contributed by atoms with E-state index in [-0.39, 0.29) is 5.41 Å². The van der Waals surface area contributed by atoms with E-state index in [0.717, 1.165) is 45.6 Å². The summed E-state index contributed by atoms with van der Waals surface area (Å²) in [7, 11) is 0. The summed E-state index contributed by atoms with van der Waals surface area (Å²) >= 11 is 0. The van der Waals surface area contributed by atoms with E-state index in [0.29, 0.717) is 0 Å². The molecule has 1 aliphatic rings. The van der Waals surface area contributed by atoms with E-state index in [9.17, 15) is 0 Å². The van der Waals surface area contributed by atoms with Crippen LogP contribution in [0.1, 0.15) is 32.3 Å². The molecular formula is C18H27N3. The molecule has 3 nitrogen and oxygen atoms in total. The fourth-order valence-corrected chi connectivity index (χ4v) is 2.85. The second-order valence-corrected chi connectivity index (χ2v) is 6.77. The molecule has 0 saturated carbocycles. The molecule has 0 unspecified atom stereocenters. The summed E-state index contributed by atoms with van der Waals surface area (Å²) in [4.78, 5) is 5.00. The summed E-state index contributed by atoms with van der Waals surface area (Å²) in [5.41, 5.74) is 2.50. The van der Waals surface area contributed by atoms with Gasteiger partial charge in [-0.05, 0) is 57.9 Å². The number of nitrogens with zero attached hydrogens (tertiary/aromatic N) is 3. The molecule has 1 aromatic carbocycles. The molecule has 0 amide bonds. The van der Waals surface area contributed by atoms with Gasteiger partial charge >= 0.3 is 0 Å². The number of hydrogen-bond acceptors (Lipinski definition) is 3. The predicted octanol–water partition coefficient (Wildman–Crippen LogP) is 3.45. The Labute approximate surface area is 129 Å². The molecule has 1 heterocycles. The normalized spacial score (nSPS) is 16.8. The van der Waals surface area contributed by atoms with Crippen LogP contribution in [-0.2, 0) is 0 Å². The molecule has 3 heteroatoms. The maximum atomic E-state index is 9.04. The number of hydrogen-bond donors (Lipinski definition) is 0. The Kier molecular flexibility index (Phi) is 5.25. The van der Waals surface area contributed by atoms with E-state index in [1.807, 2.05) is 13.8 Å². The van der Waals surface area contributed by atoms with Gasteiger partial charge < -0.3 is 4.90 Å². The number of aryl methyl sites for hydroxylation is 1. The monoisotopic (exact) mass is 285 g/mol. The smallest absolute Gasteiger partial charge is 0.0683 e. The Hall–Kier alpha value is -1.53. The van der Waals surface area contributed by atoms with Gasteiger partial charge in [0.05, 0.1) is 11.5 Å². The highest BCUT2D eigenvalue weighted by Gasteiger charge is 2.19. The lowest BCUT2D eigenvalue weighted by Gasteiger charge is -2.36. The van der Waals surface area contributed by atoms with Crippen molar-refractivity contribution in [3.63, 3.8) is 0 Å². The van der Waals surface area contributed by atoms with Crippen LogP contribution in [0.5, 0.6) is 0 Å². The second kappa shape index (κ2) is 6.95. The van der Waals surface area contributed by atoms with Crippen LogP contribution < -0.4 is 4.90 Å². The van der Waals surface area contributed by atoms with Crippen molar-refractivity contribution in [1.29, 1.82) is 5.26 Å². The first-order valence-corrected chi connectivity index (χ1v) is 7.95. The van der Waals surface area contributed by atoms with Crippen molar-refractivity contribution in [2.24, 2.45) is 5.41 Å². The molecule has 0 atom stereocenters. The molecule has 0 aliphatic carbocycles. The third-order valence-electron chi connectivity index (χ3n) is 4.32. The second-order valence-electron chi connectivity index (χ2n) is 6.77. The molecule has 1 aromatic rings. The van der Waals surface area contributed by atoms with Crippen molar-refractivity contribution >= 4 is 5.69 Å². The van der Waals surface area contributed by atoms with Crippen LogP contribution >= 0.6 is 0 Å². The summed E-state index contributed by atoms with van der Waals surface area (Å²) in [6, 6.07) is 11.2. The number of piperazine rings is 1. The number of benzene rings is 1. The van der Waals surface area contributed by atoms with Crippen LogP contribution in [-0.4, -0.2) is 37.6 Å². The molecule has 0 aromatic heterocycles. The van der Waals surface area contributed by atoms with Crippen molar-refractivity contribution < 1.29 is 0 Å². The van der Waals surface area contributed by atoms with Crippen molar-refractivity contribution in [2.45, 2.75) is 33.6 Å². The minimum Gasteiger partial charge on any atom is -0.369 e. The van der Waals surface area contributed by atoms with Gasteiger partial charge in [-0.3, -0.25) is 4.90 Å². The van der Waals surface area contributed by atoms with Crippen molar-refractivity contribution in [2.75, 3.05) is 37.6 Å². The third-order valence-corrected chi connectivity index (χ3v) is 4.32. The van der Waals surface area contributed by atoms with Gasteiger partial charge in [0.1, 0.15) is 0 Å². The number of anilines is 1. The van der Waals surface area contributed by atoms with Crippen LogP contribution in [0.4, 0.5) is 5.69 Å². The maximum absolute atomic E-state index is 9.04. The van der Waals surface area contributed by atoms with Crippen molar-refractivity contribution in [1.82, 2.24) is 4.90 Å². The molecule has 114 valence electrons. The first-order valence-electron chi connectivity index (χ1n) is 7.95. The summed E-state index contributed by atoms with van der Waals surface area (Å²) in [5, 5.41) is 9.04. The van der Waals surface area contributed by atoms with E-state index in [4.69, 9.17) is 5.26 Å². The third kappa shape index (κ3) is 4.75. The van der Waals surface area contributed by atoms with Crippen LogP contribution in [0, 0.1) is 23.7 Å². The average molecular weight is 285 g/mol. The van der Waals surface area contributed by atoms with Gasteiger partial charge in [0.15, 0.2) is 0 Å². The highest BCUT2D eigenvalue weighted by Crippen LogP contribution is 2.22. The minimum atomic E-state index is -0.177. The Morgan fingerprint density at radius 1 is 1.19 bits per heavy atom. The summed E-state index contributed by atoms with van der Waals surface area (Å²) in [5.74, 6) is 0. The molecule has 0 N–H and O–H groups in total. The SMILES string of the molecule is Cc1cccc(N2CCN(CCCC(C)(C)C#N)CC2)c1. The van der Waals surface area contributed by atoms with Gasteiger partial charge in [0.25, 0.3) is 0 Å². The molecule has 0 bridgehead atoms. The topological polar surface area (TPSA) is 30.3 Å². The lowest BCUT2D eigenvalue weighted by atomic mass is 9.90. The molecule has 2 rings (SSSR count).